The maximum absolute atomic E-state index is 16.8. The van der Waals surface area contributed by atoms with Crippen LogP contribution in [-0.2, 0) is 4.74 Å². The van der Waals surface area contributed by atoms with Gasteiger partial charge in [0.1, 0.15) is 29.6 Å². The van der Waals surface area contributed by atoms with Gasteiger partial charge in [-0.05, 0) is 63.4 Å². The number of nitrogens with zero attached hydrogens (tertiary/aromatic N) is 5. The molecule has 1 amide bonds. The molecule has 10 nitrogen and oxygen atoms in total. The fourth-order valence-corrected chi connectivity index (χ4v) is 6.22. The molecule has 0 unspecified atom stereocenters. The second-order valence-corrected chi connectivity index (χ2v) is 12.9. The lowest BCUT2D eigenvalue weighted by Crippen LogP contribution is -2.57. The molecular weight excluding hydrogens is 596 g/mol. The summed E-state index contributed by atoms with van der Waals surface area (Å²) in [4.78, 5) is 39.7. The smallest absolute Gasteiger partial charge is 0.410 e. The Kier molecular flexibility index (Phi) is 7.86. The molecule has 1 atom stereocenters. The van der Waals surface area contributed by atoms with E-state index in [2.05, 4.69) is 9.97 Å². The highest BCUT2D eigenvalue weighted by atomic mass is 19.1. The summed E-state index contributed by atoms with van der Waals surface area (Å²) in [5.41, 5.74) is 0.661. The Balaban J connectivity index is 1.63. The standard InChI is InChI=1S/C34H37F2N5O5/c1-18(2)28-29(19(3)11-12-37-28)41-23-15-21(25-22(35)9-8-10-24(25)44-7)27(36)30-26(23)31(38-32(41)42)40-14-13-39(16-20(40)17-45-30)33(43)46-34(4,5)6/h8-12,15,18,20H,13-14,16-17H2,1-7H3/t20-/m0/s1. The summed E-state index contributed by atoms with van der Waals surface area (Å²) in [5, 5.41) is 0.266. The van der Waals surface area contributed by atoms with E-state index in [-0.39, 0.29) is 58.4 Å². The number of ether oxygens (including phenoxy) is 3. The van der Waals surface area contributed by atoms with Crippen molar-refractivity contribution in [2.24, 2.45) is 0 Å². The van der Waals surface area contributed by atoms with Gasteiger partial charge in [0.15, 0.2) is 11.6 Å². The second kappa shape index (κ2) is 11.6. The highest BCUT2D eigenvalue weighted by Crippen LogP contribution is 2.45. The second-order valence-electron chi connectivity index (χ2n) is 12.9. The van der Waals surface area contributed by atoms with Gasteiger partial charge in [-0.3, -0.25) is 9.55 Å². The van der Waals surface area contributed by atoms with Crippen molar-refractivity contribution in [3.8, 4) is 28.3 Å². The number of carbonyl (C=O) groups is 1. The lowest BCUT2D eigenvalue weighted by Gasteiger charge is -2.41. The molecular formula is C34H37F2N5O5. The molecule has 4 heterocycles. The molecule has 0 N–H and O–H groups in total. The van der Waals surface area contributed by atoms with Crippen LogP contribution in [-0.4, -0.2) is 70.5 Å². The van der Waals surface area contributed by atoms with Crippen LogP contribution in [0, 0.1) is 18.6 Å². The number of hydrogen-bond acceptors (Lipinski definition) is 8. The Bertz CT molecular complexity index is 1920. The van der Waals surface area contributed by atoms with E-state index in [0.717, 1.165) is 5.56 Å². The highest BCUT2D eigenvalue weighted by molar-refractivity contribution is 6.00. The van der Waals surface area contributed by atoms with Gasteiger partial charge in [-0.15, -0.1) is 0 Å². The largest absolute Gasteiger partial charge is 0.496 e. The number of anilines is 1. The number of halogens is 2. The number of fused-ring (bicyclic) bond motifs is 2. The fourth-order valence-electron chi connectivity index (χ4n) is 6.22. The highest BCUT2D eigenvalue weighted by Gasteiger charge is 2.38. The molecule has 242 valence electrons. The van der Waals surface area contributed by atoms with Crippen LogP contribution in [0.4, 0.5) is 19.4 Å². The molecule has 1 saturated heterocycles. The van der Waals surface area contributed by atoms with Crippen molar-refractivity contribution >= 4 is 22.8 Å². The molecule has 46 heavy (non-hydrogen) atoms. The van der Waals surface area contributed by atoms with Crippen molar-refractivity contribution in [1.82, 2.24) is 19.4 Å². The summed E-state index contributed by atoms with van der Waals surface area (Å²) in [6, 6.07) is 7.01. The van der Waals surface area contributed by atoms with Gasteiger partial charge in [-0.25, -0.2) is 18.4 Å². The van der Waals surface area contributed by atoms with Crippen LogP contribution in [0.3, 0.4) is 0 Å². The third-order valence-corrected chi connectivity index (χ3v) is 8.27. The summed E-state index contributed by atoms with van der Waals surface area (Å²) in [5.74, 6) is -1.41. The molecule has 6 rings (SSSR count). The number of aryl methyl sites for hydroxylation is 1. The minimum atomic E-state index is -0.819. The first-order valence-electron chi connectivity index (χ1n) is 15.3. The third kappa shape index (κ3) is 5.29. The van der Waals surface area contributed by atoms with Crippen LogP contribution in [0.5, 0.6) is 11.5 Å². The Labute approximate surface area is 265 Å². The minimum Gasteiger partial charge on any atom is -0.496 e. The van der Waals surface area contributed by atoms with Gasteiger partial charge in [0.05, 0.1) is 41.0 Å². The minimum absolute atomic E-state index is 0.0309. The fraction of sp³-hybridized carbons (Fsp3) is 0.412. The van der Waals surface area contributed by atoms with Crippen molar-refractivity contribution in [2.75, 3.05) is 38.3 Å². The van der Waals surface area contributed by atoms with E-state index in [4.69, 9.17) is 14.2 Å². The summed E-state index contributed by atoms with van der Waals surface area (Å²) in [6.07, 6.45) is 1.20. The van der Waals surface area contributed by atoms with Crippen molar-refractivity contribution in [3.63, 3.8) is 0 Å². The Morgan fingerprint density at radius 2 is 1.91 bits per heavy atom. The first-order valence-corrected chi connectivity index (χ1v) is 15.3. The normalized spacial score (nSPS) is 16.3. The average molecular weight is 634 g/mol. The summed E-state index contributed by atoms with van der Waals surface area (Å²) >= 11 is 0. The van der Waals surface area contributed by atoms with Gasteiger partial charge >= 0.3 is 11.8 Å². The van der Waals surface area contributed by atoms with Gasteiger partial charge in [0, 0.05) is 31.4 Å². The number of benzene rings is 2. The molecule has 2 aromatic heterocycles. The predicted molar refractivity (Wildman–Crippen MR) is 170 cm³/mol. The van der Waals surface area contributed by atoms with Crippen LogP contribution in [0.1, 0.15) is 51.8 Å². The van der Waals surface area contributed by atoms with Gasteiger partial charge in [0.25, 0.3) is 0 Å². The first-order chi connectivity index (χ1) is 21.8. The number of pyridine rings is 1. The molecule has 12 heteroatoms. The van der Waals surface area contributed by atoms with E-state index in [1.807, 2.05) is 25.7 Å². The van der Waals surface area contributed by atoms with Crippen LogP contribution in [0.2, 0.25) is 0 Å². The van der Waals surface area contributed by atoms with Crippen LogP contribution in [0.25, 0.3) is 27.7 Å². The van der Waals surface area contributed by atoms with E-state index in [9.17, 15) is 9.59 Å². The zero-order chi connectivity index (χ0) is 33.1. The third-order valence-electron chi connectivity index (χ3n) is 8.27. The van der Waals surface area contributed by atoms with Gasteiger partial charge in [-0.2, -0.15) is 4.98 Å². The molecule has 0 radical (unpaired) electrons. The summed E-state index contributed by atoms with van der Waals surface area (Å²) in [6.45, 7) is 11.9. The SMILES string of the molecule is COc1cccc(F)c1-c1cc2c3c(nc(=O)n2-c2c(C)ccnc2C(C)C)N2CCN(C(=O)OC(C)(C)C)C[C@H]2COc3c1F. The number of methoxy groups -OCH3 is 1. The van der Waals surface area contributed by atoms with Crippen molar-refractivity contribution in [3.05, 3.63) is 69.9 Å². The van der Waals surface area contributed by atoms with E-state index in [1.54, 1.807) is 44.0 Å². The summed E-state index contributed by atoms with van der Waals surface area (Å²) < 4.78 is 51.0. The van der Waals surface area contributed by atoms with Crippen LogP contribution in [0.15, 0.2) is 41.3 Å². The number of rotatable bonds is 4. The Hall–Kier alpha value is -4.74. The first kappa shape index (κ1) is 31.3. The molecule has 0 spiro atoms. The molecule has 0 saturated carbocycles. The van der Waals surface area contributed by atoms with Crippen molar-refractivity contribution in [2.45, 2.75) is 59.1 Å². The van der Waals surface area contributed by atoms with E-state index >= 15 is 8.78 Å². The molecule has 1 fully saturated rings. The van der Waals surface area contributed by atoms with Crippen LogP contribution >= 0.6 is 0 Å². The van der Waals surface area contributed by atoms with Gasteiger partial charge < -0.3 is 24.0 Å². The zero-order valence-electron chi connectivity index (χ0n) is 27.0. The van der Waals surface area contributed by atoms with Gasteiger partial charge in [0.2, 0.25) is 0 Å². The van der Waals surface area contributed by atoms with E-state index < -0.39 is 35.1 Å². The maximum Gasteiger partial charge on any atom is 0.410 e. The lowest BCUT2D eigenvalue weighted by atomic mass is 9.99. The average Bonchev–Trinajstić information content (AvgIpc) is 3.15. The topological polar surface area (TPSA) is 99.0 Å². The molecule has 4 aromatic rings. The molecule has 0 bridgehead atoms. The molecule has 2 aliphatic heterocycles. The summed E-state index contributed by atoms with van der Waals surface area (Å²) in [7, 11) is 1.38. The van der Waals surface area contributed by atoms with E-state index in [1.165, 1.54) is 29.9 Å². The van der Waals surface area contributed by atoms with E-state index in [0.29, 0.717) is 24.5 Å². The van der Waals surface area contributed by atoms with Crippen LogP contribution < -0.4 is 20.1 Å². The number of amides is 1. The number of hydrogen-bond donors (Lipinski definition) is 0. The quantitative estimate of drug-likeness (QED) is 0.271. The number of carbonyl (C=O) groups excluding carboxylic acids is 1. The monoisotopic (exact) mass is 633 g/mol. The van der Waals surface area contributed by atoms with Crippen molar-refractivity contribution in [1.29, 1.82) is 0 Å². The Morgan fingerprint density at radius 3 is 2.61 bits per heavy atom. The van der Waals surface area contributed by atoms with Crippen molar-refractivity contribution < 1.29 is 27.8 Å². The molecule has 2 aliphatic rings. The number of piperazine rings is 1. The zero-order valence-corrected chi connectivity index (χ0v) is 27.0. The number of aromatic nitrogens is 3. The lowest BCUT2D eigenvalue weighted by molar-refractivity contribution is 0.0201. The maximum atomic E-state index is 16.8. The van der Waals surface area contributed by atoms with Gasteiger partial charge in [-0.1, -0.05) is 19.9 Å². The molecule has 2 aromatic carbocycles. The molecule has 0 aliphatic carbocycles. The predicted octanol–water partition coefficient (Wildman–Crippen LogP) is 5.98. The Morgan fingerprint density at radius 1 is 1.15 bits per heavy atom.